The van der Waals surface area contributed by atoms with Crippen molar-refractivity contribution in [2.24, 2.45) is 0 Å². The molecule has 0 aliphatic heterocycles. The van der Waals surface area contributed by atoms with Crippen molar-refractivity contribution in [3.8, 4) is 0 Å². The van der Waals surface area contributed by atoms with E-state index in [9.17, 15) is 9.90 Å². The van der Waals surface area contributed by atoms with E-state index in [4.69, 9.17) is 0 Å². The number of ketones is 1. The summed E-state index contributed by atoms with van der Waals surface area (Å²) in [5, 5.41) is 14.0. The fourth-order valence-electron chi connectivity index (χ4n) is 1.79. The van der Waals surface area contributed by atoms with Crippen LogP contribution in [-0.4, -0.2) is 20.7 Å². The number of benzene rings is 1. The average molecular weight is 244 g/mol. The molecule has 0 saturated carbocycles. The number of aryl methyl sites for hydroxylation is 1. The molecule has 0 amide bonds. The summed E-state index contributed by atoms with van der Waals surface area (Å²) in [6, 6.07) is 8.96. The summed E-state index contributed by atoms with van der Waals surface area (Å²) in [5.74, 6) is -0.211. The summed E-state index contributed by atoms with van der Waals surface area (Å²) in [6.07, 6.45) is 2.64. The van der Waals surface area contributed by atoms with Crippen LogP contribution in [0.15, 0.2) is 42.7 Å². The van der Waals surface area contributed by atoms with E-state index in [-0.39, 0.29) is 12.2 Å². The second-order valence-electron chi connectivity index (χ2n) is 4.16. The quantitative estimate of drug-likeness (QED) is 0.871. The molecule has 1 heterocycles. The summed E-state index contributed by atoms with van der Waals surface area (Å²) in [4.78, 5) is 11.9. The van der Waals surface area contributed by atoms with E-state index in [2.05, 4.69) is 5.10 Å². The predicted molar refractivity (Wildman–Crippen MR) is 68.0 cm³/mol. The second kappa shape index (κ2) is 5.60. The van der Waals surface area contributed by atoms with Crippen LogP contribution in [0.2, 0.25) is 0 Å². The van der Waals surface area contributed by atoms with Gasteiger partial charge in [-0.25, -0.2) is 0 Å². The summed E-state index contributed by atoms with van der Waals surface area (Å²) >= 11 is 0. The third-order valence-electron chi connectivity index (χ3n) is 2.81. The van der Waals surface area contributed by atoms with E-state index in [0.717, 1.165) is 12.1 Å². The van der Waals surface area contributed by atoms with Crippen LogP contribution in [0.4, 0.5) is 0 Å². The molecule has 0 bridgehead atoms. The smallest absolute Gasteiger partial charge is 0.170 e. The first-order valence-electron chi connectivity index (χ1n) is 5.97. The van der Waals surface area contributed by atoms with Crippen LogP contribution in [0.3, 0.4) is 0 Å². The highest BCUT2D eigenvalue weighted by molar-refractivity contribution is 5.86. The highest BCUT2D eigenvalue weighted by Gasteiger charge is 2.17. The van der Waals surface area contributed by atoms with Crippen LogP contribution in [0.1, 0.15) is 24.2 Å². The van der Waals surface area contributed by atoms with Crippen molar-refractivity contribution in [3.05, 3.63) is 53.9 Å². The lowest BCUT2D eigenvalue weighted by Crippen LogP contribution is -2.14. The lowest BCUT2D eigenvalue weighted by Gasteiger charge is -2.08. The molecule has 0 aliphatic rings. The first-order chi connectivity index (χ1) is 8.70. The van der Waals surface area contributed by atoms with Crippen molar-refractivity contribution in [2.75, 3.05) is 0 Å². The van der Waals surface area contributed by atoms with E-state index >= 15 is 0 Å². The van der Waals surface area contributed by atoms with Crippen molar-refractivity contribution >= 4 is 5.78 Å². The lowest BCUT2D eigenvalue weighted by molar-refractivity contribution is -0.126. The van der Waals surface area contributed by atoms with Crippen molar-refractivity contribution in [3.63, 3.8) is 0 Å². The molecule has 0 spiro atoms. The number of Topliss-reactive ketones (excluding diaryl/α,β-unsaturated/α-hetero) is 1. The van der Waals surface area contributed by atoms with E-state index < -0.39 is 6.10 Å². The molecule has 1 atom stereocenters. The van der Waals surface area contributed by atoms with Gasteiger partial charge in [-0.05, 0) is 18.1 Å². The van der Waals surface area contributed by atoms with Crippen molar-refractivity contribution < 1.29 is 9.90 Å². The molecular formula is C14H16N2O2. The first-order valence-corrected chi connectivity index (χ1v) is 5.97. The molecule has 18 heavy (non-hydrogen) atoms. The zero-order valence-electron chi connectivity index (χ0n) is 10.3. The maximum absolute atomic E-state index is 11.9. The molecule has 4 nitrogen and oxygen atoms in total. The molecule has 2 rings (SSSR count). The predicted octanol–water partition coefficient (Wildman–Crippen LogP) is 1.75. The number of carbonyl (C=O) groups excluding carboxylic acids is 1. The number of hydrogen-bond acceptors (Lipinski definition) is 3. The third-order valence-corrected chi connectivity index (χ3v) is 2.81. The largest absolute Gasteiger partial charge is 0.381 e. The van der Waals surface area contributed by atoms with Gasteiger partial charge in [0.05, 0.1) is 6.20 Å². The van der Waals surface area contributed by atoms with Crippen molar-refractivity contribution in [1.82, 2.24) is 9.78 Å². The fraction of sp³-hybridized carbons (Fsp3) is 0.286. The zero-order valence-corrected chi connectivity index (χ0v) is 10.3. The Bertz CT molecular complexity index is 520. The maximum Gasteiger partial charge on any atom is 0.170 e. The van der Waals surface area contributed by atoms with Crippen LogP contribution in [0.25, 0.3) is 0 Å². The normalized spacial score (nSPS) is 12.3. The van der Waals surface area contributed by atoms with Crippen LogP contribution >= 0.6 is 0 Å². The molecule has 0 fully saturated rings. The number of aliphatic hydroxyl groups excluding tert-OH is 1. The van der Waals surface area contributed by atoms with Crippen LogP contribution < -0.4 is 0 Å². The molecule has 94 valence electrons. The SMILES string of the molecule is CCn1cc(CC(=O)C(O)c2ccccc2)cn1. The lowest BCUT2D eigenvalue weighted by atomic mass is 10.0. The van der Waals surface area contributed by atoms with E-state index in [1.54, 1.807) is 35.1 Å². The van der Waals surface area contributed by atoms with Crippen LogP contribution in [0.5, 0.6) is 0 Å². The Balaban J connectivity index is 2.04. The molecule has 4 heteroatoms. The second-order valence-corrected chi connectivity index (χ2v) is 4.16. The third kappa shape index (κ3) is 2.84. The Labute approximate surface area is 106 Å². The van der Waals surface area contributed by atoms with Gasteiger partial charge in [-0.1, -0.05) is 30.3 Å². The molecule has 0 saturated heterocycles. The Morgan fingerprint density at radius 2 is 2.11 bits per heavy atom. The van der Waals surface area contributed by atoms with Gasteiger partial charge in [0.1, 0.15) is 6.10 Å². The molecule has 1 N–H and O–H groups in total. The maximum atomic E-state index is 11.9. The monoisotopic (exact) mass is 244 g/mol. The van der Waals surface area contributed by atoms with Crippen LogP contribution in [-0.2, 0) is 17.8 Å². The minimum Gasteiger partial charge on any atom is -0.381 e. The van der Waals surface area contributed by atoms with E-state index in [1.807, 2.05) is 19.2 Å². The van der Waals surface area contributed by atoms with Crippen molar-refractivity contribution in [2.45, 2.75) is 26.0 Å². The van der Waals surface area contributed by atoms with Crippen molar-refractivity contribution in [1.29, 1.82) is 0 Å². The number of hydrogen-bond donors (Lipinski definition) is 1. The Hall–Kier alpha value is -1.94. The first kappa shape index (κ1) is 12.5. The van der Waals surface area contributed by atoms with Gasteiger partial charge in [-0.2, -0.15) is 5.10 Å². The molecule has 0 radical (unpaired) electrons. The number of aromatic nitrogens is 2. The van der Waals surface area contributed by atoms with Gasteiger partial charge in [0, 0.05) is 19.2 Å². The van der Waals surface area contributed by atoms with Gasteiger partial charge in [-0.15, -0.1) is 0 Å². The van der Waals surface area contributed by atoms with Gasteiger partial charge in [-0.3, -0.25) is 9.48 Å². The average Bonchev–Trinajstić information content (AvgIpc) is 2.86. The summed E-state index contributed by atoms with van der Waals surface area (Å²) in [6.45, 7) is 2.76. The summed E-state index contributed by atoms with van der Waals surface area (Å²) in [7, 11) is 0. The minimum atomic E-state index is -1.06. The molecule has 2 aromatic rings. The highest BCUT2D eigenvalue weighted by Crippen LogP contribution is 2.15. The van der Waals surface area contributed by atoms with Gasteiger partial charge in [0.25, 0.3) is 0 Å². The molecule has 1 aromatic carbocycles. The zero-order chi connectivity index (χ0) is 13.0. The van der Waals surface area contributed by atoms with Gasteiger partial charge < -0.3 is 5.11 Å². The molecule has 1 unspecified atom stereocenters. The molecule has 1 aromatic heterocycles. The summed E-state index contributed by atoms with van der Waals surface area (Å²) in [5.41, 5.74) is 1.46. The fourth-order valence-corrected chi connectivity index (χ4v) is 1.79. The Morgan fingerprint density at radius 1 is 1.39 bits per heavy atom. The van der Waals surface area contributed by atoms with E-state index in [1.165, 1.54) is 0 Å². The van der Waals surface area contributed by atoms with Crippen LogP contribution in [0, 0.1) is 0 Å². The molecule has 0 aliphatic carbocycles. The number of rotatable bonds is 5. The topological polar surface area (TPSA) is 55.1 Å². The van der Waals surface area contributed by atoms with E-state index in [0.29, 0.717) is 5.56 Å². The van der Waals surface area contributed by atoms with Gasteiger partial charge >= 0.3 is 0 Å². The highest BCUT2D eigenvalue weighted by atomic mass is 16.3. The number of nitrogens with zero attached hydrogens (tertiary/aromatic N) is 2. The minimum absolute atomic E-state index is 0.204. The standard InChI is InChI=1S/C14H16N2O2/c1-2-16-10-11(9-15-16)8-13(17)14(18)12-6-4-3-5-7-12/h3-7,9-10,14,18H,2,8H2,1H3. The van der Waals surface area contributed by atoms with Gasteiger partial charge in [0.15, 0.2) is 5.78 Å². The number of aliphatic hydroxyl groups is 1. The molecular weight excluding hydrogens is 228 g/mol. The Kier molecular flexibility index (Phi) is 3.89. The van der Waals surface area contributed by atoms with Gasteiger partial charge in [0.2, 0.25) is 0 Å². The summed E-state index contributed by atoms with van der Waals surface area (Å²) < 4.78 is 1.76. The Morgan fingerprint density at radius 3 is 2.72 bits per heavy atom. The number of carbonyl (C=O) groups is 1.